The van der Waals surface area contributed by atoms with Crippen molar-refractivity contribution in [2.24, 2.45) is 5.73 Å². The lowest BCUT2D eigenvalue weighted by molar-refractivity contribution is 0.719. The molecule has 2 aromatic rings. The summed E-state index contributed by atoms with van der Waals surface area (Å²) in [6, 6.07) is 4.15. The Morgan fingerprint density at radius 3 is 2.76 bits per heavy atom. The molecule has 5 heteroatoms. The van der Waals surface area contributed by atoms with E-state index in [1.807, 2.05) is 31.4 Å². The first-order chi connectivity index (χ1) is 8.04. The first kappa shape index (κ1) is 12.7. The van der Waals surface area contributed by atoms with E-state index in [2.05, 4.69) is 25.9 Å². The number of nitrogens with zero attached hydrogens (tertiary/aromatic N) is 2. The third kappa shape index (κ3) is 3.34. The second-order valence-corrected chi connectivity index (χ2v) is 5.96. The van der Waals surface area contributed by atoms with Crippen LogP contribution in [0.3, 0.4) is 0 Å². The molecule has 1 atom stereocenters. The summed E-state index contributed by atoms with van der Waals surface area (Å²) in [5.41, 5.74) is 7.79. The molecule has 3 nitrogen and oxygen atoms in total. The predicted molar refractivity (Wildman–Crippen MR) is 75.1 cm³/mol. The molecular formula is C12H14BrN3S. The van der Waals surface area contributed by atoms with E-state index < -0.39 is 0 Å². The molecule has 17 heavy (non-hydrogen) atoms. The molecule has 2 heterocycles. The van der Waals surface area contributed by atoms with Crippen LogP contribution < -0.4 is 5.73 Å². The summed E-state index contributed by atoms with van der Waals surface area (Å²) in [6.07, 6.45) is 0.781. The van der Waals surface area contributed by atoms with Crippen molar-refractivity contribution in [2.75, 3.05) is 0 Å². The lowest BCUT2D eigenvalue weighted by atomic mass is 10.2. The topological polar surface area (TPSA) is 51.8 Å². The van der Waals surface area contributed by atoms with E-state index in [9.17, 15) is 0 Å². The second kappa shape index (κ2) is 5.25. The maximum atomic E-state index is 5.80. The molecule has 0 aliphatic carbocycles. The van der Waals surface area contributed by atoms with E-state index >= 15 is 0 Å². The molecule has 0 radical (unpaired) electrons. The molecule has 0 spiro atoms. The van der Waals surface area contributed by atoms with Gasteiger partial charge in [-0.1, -0.05) is 0 Å². The summed E-state index contributed by atoms with van der Waals surface area (Å²) in [6.45, 7) is 3.97. The Bertz CT molecular complexity index is 522. The van der Waals surface area contributed by atoms with Crippen molar-refractivity contribution in [1.82, 2.24) is 9.97 Å². The summed E-state index contributed by atoms with van der Waals surface area (Å²) in [5.74, 6) is 0.788. The zero-order valence-corrected chi connectivity index (χ0v) is 12.2. The Balaban J connectivity index is 2.37. The summed E-state index contributed by atoms with van der Waals surface area (Å²) < 4.78 is 1.07. The van der Waals surface area contributed by atoms with Crippen molar-refractivity contribution in [2.45, 2.75) is 26.3 Å². The van der Waals surface area contributed by atoms with Crippen LogP contribution in [0, 0.1) is 6.92 Å². The van der Waals surface area contributed by atoms with Gasteiger partial charge in [-0.25, -0.2) is 9.97 Å². The maximum Gasteiger partial charge on any atom is 0.169 e. The van der Waals surface area contributed by atoms with Gasteiger partial charge in [-0.15, -0.1) is 11.3 Å². The molecule has 1 unspecified atom stereocenters. The molecule has 0 bridgehead atoms. The lowest BCUT2D eigenvalue weighted by Crippen LogP contribution is -2.18. The van der Waals surface area contributed by atoms with Crippen LogP contribution in [0.25, 0.3) is 10.7 Å². The number of rotatable bonds is 3. The average Bonchev–Trinajstić information content (AvgIpc) is 2.62. The van der Waals surface area contributed by atoms with Crippen molar-refractivity contribution in [1.29, 1.82) is 0 Å². The van der Waals surface area contributed by atoms with Gasteiger partial charge in [-0.05, 0) is 41.9 Å². The maximum absolute atomic E-state index is 5.80. The third-order valence-corrected chi connectivity index (χ3v) is 3.91. The van der Waals surface area contributed by atoms with Gasteiger partial charge in [0.25, 0.3) is 0 Å². The van der Waals surface area contributed by atoms with Crippen molar-refractivity contribution >= 4 is 27.3 Å². The van der Waals surface area contributed by atoms with Crippen LogP contribution in [0.2, 0.25) is 0 Å². The van der Waals surface area contributed by atoms with Gasteiger partial charge in [-0.2, -0.15) is 0 Å². The van der Waals surface area contributed by atoms with Crippen molar-refractivity contribution in [3.8, 4) is 10.7 Å². The highest BCUT2D eigenvalue weighted by atomic mass is 79.9. The van der Waals surface area contributed by atoms with E-state index in [0.717, 1.165) is 33.0 Å². The zero-order chi connectivity index (χ0) is 12.4. The fourth-order valence-electron chi connectivity index (χ4n) is 1.61. The highest BCUT2D eigenvalue weighted by molar-refractivity contribution is 9.10. The quantitative estimate of drug-likeness (QED) is 0.947. The Morgan fingerprint density at radius 1 is 1.41 bits per heavy atom. The number of hydrogen-bond acceptors (Lipinski definition) is 4. The average molecular weight is 312 g/mol. The van der Waals surface area contributed by atoms with E-state index in [0.29, 0.717) is 0 Å². The highest BCUT2D eigenvalue weighted by Gasteiger charge is 2.08. The fraction of sp³-hybridized carbons (Fsp3) is 0.333. The minimum atomic E-state index is 0.118. The highest BCUT2D eigenvalue weighted by Crippen LogP contribution is 2.27. The summed E-state index contributed by atoms with van der Waals surface area (Å²) in [4.78, 5) is 10.1. The predicted octanol–water partition coefficient (Wildman–Crippen LogP) is 3.17. The molecular weight excluding hydrogens is 298 g/mol. The number of aryl methyl sites for hydroxylation is 1. The van der Waals surface area contributed by atoms with E-state index in [1.54, 1.807) is 11.3 Å². The Hall–Kier alpha value is -0.780. The monoisotopic (exact) mass is 311 g/mol. The van der Waals surface area contributed by atoms with Gasteiger partial charge < -0.3 is 5.73 Å². The summed E-state index contributed by atoms with van der Waals surface area (Å²) in [5, 5.41) is 2.03. The van der Waals surface area contributed by atoms with Gasteiger partial charge >= 0.3 is 0 Å². The van der Waals surface area contributed by atoms with Crippen LogP contribution in [0.1, 0.15) is 18.3 Å². The number of hydrogen-bond donors (Lipinski definition) is 1. The molecule has 2 aromatic heterocycles. The van der Waals surface area contributed by atoms with Crippen LogP contribution in [0.5, 0.6) is 0 Å². The lowest BCUT2D eigenvalue weighted by Gasteiger charge is -2.07. The summed E-state index contributed by atoms with van der Waals surface area (Å²) >= 11 is 5.08. The molecule has 2 rings (SSSR count). The van der Waals surface area contributed by atoms with Crippen LogP contribution in [-0.4, -0.2) is 16.0 Å². The molecule has 0 aliphatic heterocycles. The van der Waals surface area contributed by atoms with E-state index in [1.165, 1.54) is 0 Å². The van der Waals surface area contributed by atoms with Gasteiger partial charge in [-0.3, -0.25) is 0 Å². The minimum Gasteiger partial charge on any atom is -0.328 e. The van der Waals surface area contributed by atoms with Gasteiger partial charge in [0.15, 0.2) is 5.82 Å². The Labute approximate surface area is 113 Å². The summed E-state index contributed by atoms with van der Waals surface area (Å²) in [7, 11) is 0. The van der Waals surface area contributed by atoms with Crippen LogP contribution in [0.15, 0.2) is 22.0 Å². The van der Waals surface area contributed by atoms with Crippen LogP contribution >= 0.6 is 27.3 Å². The number of aromatic nitrogens is 2. The normalized spacial score (nSPS) is 12.7. The first-order valence-corrected chi connectivity index (χ1v) is 7.06. The number of nitrogens with two attached hydrogens (primary N) is 1. The van der Waals surface area contributed by atoms with Crippen LogP contribution in [0.4, 0.5) is 0 Å². The minimum absolute atomic E-state index is 0.118. The van der Waals surface area contributed by atoms with E-state index in [-0.39, 0.29) is 6.04 Å². The van der Waals surface area contributed by atoms with Gasteiger partial charge in [0.2, 0.25) is 0 Å². The van der Waals surface area contributed by atoms with Crippen molar-refractivity contribution in [3.63, 3.8) is 0 Å². The molecule has 0 amide bonds. The Morgan fingerprint density at radius 2 is 2.18 bits per heavy atom. The number of thiophene rings is 1. The standard InChI is InChI=1S/C12H14BrN3S/c1-7(14)3-10-4-8(2)15-12(16-10)11-5-9(13)6-17-11/h4-7H,3,14H2,1-2H3. The fourth-order valence-corrected chi connectivity index (χ4v) is 2.97. The molecule has 0 saturated heterocycles. The molecule has 0 saturated carbocycles. The SMILES string of the molecule is Cc1cc(CC(C)N)nc(-c2cc(Br)cs2)n1. The molecule has 2 N–H and O–H groups in total. The largest absolute Gasteiger partial charge is 0.328 e. The molecule has 0 fully saturated rings. The molecule has 0 aliphatic rings. The third-order valence-electron chi connectivity index (χ3n) is 2.23. The second-order valence-electron chi connectivity index (χ2n) is 4.13. The molecule has 90 valence electrons. The Kier molecular flexibility index (Phi) is 3.91. The van der Waals surface area contributed by atoms with Gasteiger partial charge in [0.05, 0.1) is 4.88 Å². The van der Waals surface area contributed by atoms with Crippen molar-refractivity contribution < 1.29 is 0 Å². The van der Waals surface area contributed by atoms with Gasteiger partial charge in [0, 0.05) is 33.7 Å². The van der Waals surface area contributed by atoms with E-state index in [4.69, 9.17) is 5.73 Å². The van der Waals surface area contributed by atoms with Crippen molar-refractivity contribution in [3.05, 3.63) is 33.4 Å². The van der Waals surface area contributed by atoms with Gasteiger partial charge in [0.1, 0.15) is 0 Å². The first-order valence-electron chi connectivity index (χ1n) is 5.39. The zero-order valence-electron chi connectivity index (χ0n) is 9.77. The smallest absolute Gasteiger partial charge is 0.169 e. The van der Waals surface area contributed by atoms with Crippen LogP contribution in [-0.2, 0) is 6.42 Å². The molecule has 0 aromatic carbocycles. The number of halogens is 1.